The SMILES string of the molecule is CCCCOCCNC(CCl)COC. The van der Waals surface area contributed by atoms with Crippen LogP contribution in [-0.4, -0.2) is 45.4 Å². The van der Waals surface area contributed by atoms with Gasteiger partial charge in [-0.05, 0) is 6.42 Å². The Bertz CT molecular complexity index is 114. The Labute approximate surface area is 92.1 Å². The van der Waals surface area contributed by atoms with Gasteiger partial charge in [-0.1, -0.05) is 13.3 Å². The summed E-state index contributed by atoms with van der Waals surface area (Å²) in [5.74, 6) is 0.572. The van der Waals surface area contributed by atoms with Crippen molar-refractivity contribution in [1.29, 1.82) is 0 Å². The molecular weight excluding hydrogens is 202 g/mol. The molecule has 0 aliphatic rings. The molecule has 4 heteroatoms. The lowest BCUT2D eigenvalue weighted by molar-refractivity contribution is 0.123. The van der Waals surface area contributed by atoms with Gasteiger partial charge >= 0.3 is 0 Å². The van der Waals surface area contributed by atoms with E-state index in [2.05, 4.69) is 12.2 Å². The van der Waals surface area contributed by atoms with Crippen molar-refractivity contribution in [2.24, 2.45) is 0 Å². The first-order valence-electron chi connectivity index (χ1n) is 5.21. The Morgan fingerprint density at radius 3 is 2.71 bits per heavy atom. The van der Waals surface area contributed by atoms with Crippen molar-refractivity contribution in [3.8, 4) is 0 Å². The lowest BCUT2D eigenvalue weighted by Gasteiger charge is -2.14. The molecular formula is C10H22ClNO2. The molecule has 86 valence electrons. The number of hydrogen-bond donors (Lipinski definition) is 1. The Morgan fingerprint density at radius 2 is 2.14 bits per heavy atom. The minimum Gasteiger partial charge on any atom is -0.383 e. The summed E-state index contributed by atoms with van der Waals surface area (Å²) in [5.41, 5.74) is 0. The third kappa shape index (κ3) is 8.75. The second-order valence-electron chi connectivity index (χ2n) is 3.23. The van der Waals surface area contributed by atoms with Gasteiger partial charge in [0, 0.05) is 32.2 Å². The van der Waals surface area contributed by atoms with Gasteiger partial charge in [0.2, 0.25) is 0 Å². The number of unbranched alkanes of at least 4 members (excludes halogenated alkanes) is 1. The van der Waals surface area contributed by atoms with Crippen molar-refractivity contribution in [1.82, 2.24) is 5.32 Å². The summed E-state index contributed by atoms with van der Waals surface area (Å²) < 4.78 is 10.4. The maximum atomic E-state index is 5.73. The van der Waals surface area contributed by atoms with Crippen LogP contribution in [-0.2, 0) is 9.47 Å². The predicted molar refractivity (Wildman–Crippen MR) is 60.1 cm³/mol. The number of hydrogen-bond acceptors (Lipinski definition) is 3. The molecule has 0 fully saturated rings. The molecule has 1 N–H and O–H groups in total. The Balaban J connectivity index is 3.15. The zero-order valence-corrected chi connectivity index (χ0v) is 9.98. The summed E-state index contributed by atoms with van der Waals surface area (Å²) in [6.07, 6.45) is 2.32. The van der Waals surface area contributed by atoms with Gasteiger partial charge in [0.15, 0.2) is 0 Å². The standard InChI is InChI=1S/C10H22ClNO2/c1-3-4-6-14-7-5-12-10(8-11)9-13-2/h10,12H,3-9H2,1-2H3. The minimum atomic E-state index is 0.233. The second-order valence-corrected chi connectivity index (χ2v) is 3.54. The lowest BCUT2D eigenvalue weighted by atomic mass is 10.3. The third-order valence-corrected chi connectivity index (χ3v) is 2.25. The van der Waals surface area contributed by atoms with Crippen LogP contribution in [0.4, 0.5) is 0 Å². The maximum Gasteiger partial charge on any atom is 0.0627 e. The van der Waals surface area contributed by atoms with Gasteiger partial charge in [-0.3, -0.25) is 0 Å². The summed E-state index contributed by atoms with van der Waals surface area (Å²) in [6.45, 7) is 5.25. The second kappa shape index (κ2) is 11.2. The topological polar surface area (TPSA) is 30.5 Å². The van der Waals surface area contributed by atoms with Crippen LogP contribution in [0.25, 0.3) is 0 Å². The first-order chi connectivity index (χ1) is 6.85. The van der Waals surface area contributed by atoms with Gasteiger partial charge < -0.3 is 14.8 Å². The molecule has 14 heavy (non-hydrogen) atoms. The van der Waals surface area contributed by atoms with Crippen LogP contribution in [0.5, 0.6) is 0 Å². The largest absolute Gasteiger partial charge is 0.383 e. The van der Waals surface area contributed by atoms with Crippen LogP contribution >= 0.6 is 11.6 Å². The van der Waals surface area contributed by atoms with Crippen molar-refractivity contribution in [3.63, 3.8) is 0 Å². The van der Waals surface area contributed by atoms with E-state index in [-0.39, 0.29) is 6.04 Å². The van der Waals surface area contributed by atoms with Gasteiger partial charge in [0.1, 0.15) is 0 Å². The molecule has 0 rings (SSSR count). The fourth-order valence-corrected chi connectivity index (χ4v) is 1.24. The van der Waals surface area contributed by atoms with E-state index in [0.29, 0.717) is 12.5 Å². The summed E-state index contributed by atoms with van der Waals surface area (Å²) in [6, 6.07) is 0.233. The minimum absolute atomic E-state index is 0.233. The number of halogens is 1. The lowest BCUT2D eigenvalue weighted by Crippen LogP contribution is -2.37. The normalized spacial score (nSPS) is 13.1. The highest BCUT2D eigenvalue weighted by Crippen LogP contribution is 1.90. The van der Waals surface area contributed by atoms with Gasteiger partial charge in [0.25, 0.3) is 0 Å². The maximum absolute atomic E-state index is 5.73. The Hall–Kier alpha value is 0.170. The molecule has 0 aromatic carbocycles. The van der Waals surface area contributed by atoms with Gasteiger partial charge in [-0.2, -0.15) is 0 Å². The highest BCUT2D eigenvalue weighted by atomic mass is 35.5. The zero-order valence-electron chi connectivity index (χ0n) is 9.22. The monoisotopic (exact) mass is 223 g/mol. The molecule has 0 saturated carbocycles. The molecule has 0 saturated heterocycles. The van der Waals surface area contributed by atoms with E-state index in [9.17, 15) is 0 Å². The third-order valence-electron chi connectivity index (χ3n) is 1.88. The molecule has 3 nitrogen and oxygen atoms in total. The average molecular weight is 224 g/mol. The van der Waals surface area contributed by atoms with E-state index in [1.165, 1.54) is 6.42 Å². The predicted octanol–water partition coefficient (Wildman–Crippen LogP) is 1.65. The van der Waals surface area contributed by atoms with Crippen molar-refractivity contribution in [3.05, 3.63) is 0 Å². The van der Waals surface area contributed by atoms with Crippen LogP contribution in [0.2, 0.25) is 0 Å². The van der Waals surface area contributed by atoms with E-state index < -0.39 is 0 Å². The molecule has 1 unspecified atom stereocenters. The molecule has 0 aliphatic carbocycles. The van der Waals surface area contributed by atoms with Crippen LogP contribution < -0.4 is 5.32 Å². The molecule has 0 aromatic rings. The van der Waals surface area contributed by atoms with E-state index >= 15 is 0 Å². The highest BCUT2D eigenvalue weighted by Gasteiger charge is 2.04. The summed E-state index contributed by atoms with van der Waals surface area (Å²) in [5, 5.41) is 3.27. The first kappa shape index (κ1) is 14.2. The summed E-state index contributed by atoms with van der Waals surface area (Å²) in [7, 11) is 1.68. The van der Waals surface area contributed by atoms with E-state index in [1.54, 1.807) is 7.11 Å². The quantitative estimate of drug-likeness (QED) is 0.451. The number of methoxy groups -OCH3 is 1. The molecule has 0 aliphatic heterocycles. The molecule has 0 spiro atoms. The Morgan fingerprint density at radius 1 is 1.36 bits per heavy atom. The first-order valence-corrected chi connectivity index (χ1v) is 5.74. The number of ether oxygens (including phenoxy) is 2. The van der Waals surface area contributed by atoms with E-state index in [0.717, 1.165) is 26.2 Å². The van der Waals surface area contributed by atoms with Gasteiger partial charge in [-0.25, -0.2) is 0 Å². The van der Waals surface area contributed by atoms with E-state index in [4.69, 9.17) is 21.1 Å². The number of nitrogens with one attached hydrogen (secondary N) is 1. The van der Waals surface area contributed by atoms with Crippen LogP contribution in [0.15, 0.2) is 0 Å². The fourth-order valence-electron chi connectivity index (χ4n) is 1.04. The zero-order chi connectivity index (χ0) is 10.6. The summed E-state index contributed by atoms with van der Waals surface area (Å²) in [4.78, 5) is 0. The molecule has 1 atom stereocenters. The van der Waals surface area contributed by atoms with Crippen molar-refractivity contribution in [2.75, 3.05) is 39.4 Å². The highest BCUT2D eigenvalue weighted by molar-refractivity contribution is 6.18. The van der Waals surface area contributed by atoms with Gasteiger partial charge in [-0.15, -0.1) is 11.6 Å². The average Bonchev–Trinajstić information content (AvgIpc) is 2.21. The summed E-state index contributed by atoms with van der Waals surface area (Å²) >= 11 is 5.73. The van der Waals surface area contributed by atoms with E-state index in [1.807, 2.05) is 0 Å². The molecule has 0 aromatic heterocycles. The molecule has 0 amide bonds. The van der Waals surface area contributed by atoms with Crippen molar-refractivity contribution < 1.29 is 9.47 Å². The number of rotatable bonds is 10. The smallest absolute Gasteiger partial charge is 0.0627 e. The van der Waals surface area contributed by atoms with Crippen molar-refractivity contribution >= 4 is 11.6 Å². The molecule has 0 heterocycles. The van der Waals surface area contributed by atoms with Crippen LogP contribution in [0.1, 0.15) is 19.8 Å². The van der Waals surface area contributed by atoms with Gasteiger partial charge in [0.05, 0.1) is 13.2 Å². The molecule has 0 bridgehead atoms. The fraction of sp³-hybridized carbons (Fsp3) is 1.00. The Kier molecular flexibility index (Phi) is 11.4. The van der Waals surface area contributed by atoms with Crippen molar-refractivity contribution in [2.45, 2.75) is 25.8 Å². The van der Waals surface area contributed by atoms with Crippen LogP contribution in [0.3, 0.4) is 0 Å². The number of alkyl halides is 1. The van der Waals surface area contributed by atoms with Crippen LogP contribution in [0, 0.1) is 0 Å². The molecule has 0 radical (unpaired) electrons.